The second-order valence-corrected chi connectivity index (χ2v) is 7.09. The molecule has 126 valence electrons. The smallest absolute Gasteiger partial charge is 0.410 e. The third-order valence-electron chi connectivity index (χ3n) is 3.86. The van der Waals surface area contributed by atoms with Crippen LogP contribution in [0.3, 0.4) is 0 Å². The average molecular weight is 318 g/mol. The molecule has 1 aromatic rings. The number of para-hydroxylation sites is 1. The van der Waals surface area contributed by atoms with Crippen LogP contribution in [0.15, 0.2) is 24.3 Å². The summed E-state index contributed by atoms with van der Waals surface area (Å²) in [6.07, 6.45) is 1.97. The van der Waals surface area contributed by atoms with Gasteiger partial charge in [-0.2, -0.15) is 0 Å². The standard InChI is InChI=1S/C18H26N2O3/c1-18(2,3)23-17(22)20(4)11-7-9-14-12-13-8-5-6-10-15(13)19-16(14)21/h5-6,8,10,14H,7,9,11-12H2,1-4H3,(H,19,21). The summed E-state index contributed by atoms with van der Waals surface area (Å²) in [5, 5.41) is 2.96. The molecule has 1 unspecified atom stereocenters. The van der Waals surface area contributed by atoms with E-state index >= 15 is 0 Å². The molecule has 0 saturated carbocycles. The van der Waals surface area contributed by atoms with E-state index in [1.807, 2.05) is 39.0 Å². The van der Waals surface area contributed by atoms with Gasteiger partial charge in [0.15, 0.2) is 0 Å². The minimum atomic E-state index is -0.488. The van der Waals surface area contributed by atoms with Crippen LogP contribution in [0.5, 0.6) is 0 Å². The molecule has 0 spiro atoms. The Labute approximate surface area is 138 Å². The quantitative estimate of drug-likeness (QED) is 0.925. The Hall–Kier alpha value is -2.04. The van der Waals surface area contributed by atoms with Gasteiger partial charge in [-0.15, -0.1) is 0 Å². The number of fused-ring (bicyclic) bond motifs is 1. The number of ether oxygens (including phenoxy) is 1. The van der Waals surface area contributed by atoms with Crippen molar-refractivity contribution in [3.8, 4) is 0 Å². The molecule has 23 heavy (non-hydrogen) atoms. The van der Waals surface area contributed by atoms with Crippen molar-refractivity contribution in [3.63, 3.8) is 0 Å². The summed E-state index contributed by atoms with van der Waals surface area (Å²) < 4.78 is 5.32. The van der Waals surface area contributed by atoms with Crippen LogP contribution in [0.25, 0.3) is 0 Å². The van der Waals surface area contributed by atoms with E-state index in [2.05, 4.69) is 11.4 Å². The Morgan fingerprint density at radius 1 is 1.35 bits per heavy atom. The lowest BCUT2D eigenvalue weighted by molar-refractivity contribution is -0.120. The topological polar surface area (TPSA) is 58.6 Å². The number of hydrogen-bond donors (Lipinski definition) is 1. The van der Waals surface area contributed by atoms with Crippen molar-refractivity contribution in [2.24, 2.45) is 5.92 Å². The molecule has 1 aliphatic rings. The van der Waals surface area contributed by atoms with E-state index in [1.165, 1.54) is 5.56 Å². The highest BCUT2D eigenvalue weighted by molar-refractivity contribution is 5.95. The Kier molecular flexibility index (Phi) is 5.29. The summed E-state index contributed by atoms with van der Waals surface area (Å²) in [5.74, 6) is 0.0422. The van der Waals surface area contributed by atoms with Crippen molar-refractivity contribution in [2.75, 3.05) is 18.9 Å². The lowest BCUT2D eigenvalue weighted by Gasteiger charge is -2.26. The summed E-state index contributed by atoms with van der Waals surface area (Å²) in [6, 6.07) is 7.90. The zero-order chi connectivity index (χ0) is 17.0. The van der Waals surface area contributed by atoms with Crippen LogP contribution in [-0.4, -0.2) is 36.1 Å². The highest BCUT2D eigenvalue weighted by Crippen LogP contribution is 2.27. The van der Waals surface area contributed by atoms with E-state index in [4.69, 9.17) is 4.74 Å². The molecule has 2 rings (SSSR count). The predicted octanol–water partition coefficient (Wildman–Crippen LogP) is 3.44. The Morgan fingerprint density at radius 3 is 2.74 bits per heavy atom. The first-order chi connectivity index (χ1) is 10.8. The highest BCUT2D eigenvalue weighted by atomic mass is 16.6. The van der Waals surface area contributed by atoms with Crippen molar-refractivity contribution < 1.29 is 14.3 Å². The zero-order valence-electron chi connectivity index (χ0n) is 14.4. The number of carbonyl (C=O) groups excluding carboxylic acids is 2. The van der Waals surface area contributed by atoms with Crippen molar-refractivity contribution in [1.82, 2.24) is 4.90 Å². The Bertz CT molecular complexity index is 578. The third kappa shape index (κ3) is 4.98. The van der Waals surface area contributed by atoms with E-state index in [0.717, 1.165) is 24.9 Å². The second kappa shape index (κ2) is 7.02. The van der Waals surface area contributed by atoms with Crippen molar-refractivity contribution >= 4 is 17.7 Å². The van der Waals surface area contributed by atoms with E-state index in [9.17, 15) is 9.59 Å². The number of rotatable bonds is 4. The van der Waals surface area contributed by atoms with Gasteiger partial charge in [-0.3, -0.25) is 4.79 Å². The molecule has 0 fully saturated rings. The molecule has 1 N–H and O–H groups in total. The zero-order valence-corrected chi connectivity index (χ0v) is 14.4. The summed E-state index contributed by atoms with van der Waals surface area (Å²) >= 11 is 0. The van der Waals surface area contributed by atoms with Gasteiger partial charge in [0, 0.05) is 25.2 Å². The first-order valence-electron chi connectivity index (χ1n) is 8.09. The number of hydrogen-bond acceptors (Lipinski definition) is 3. The van der Waals surface area contributed by atoms with Crippen LogP contribution >= 0.6 is 0 Å². The molecule has 0 aliphatic carbocycles. The molecule has 0 radical (unpaired) electrons. The summed E-state index contributed by atoms with van der Waals surface area (Å²) in [6.45, 7) is 6.13. The van der Waals surface area contributed by atoms with Crippen molar-refractivity contribution in [2.45, 2.75) is 45.6 Å². The molecular weight excluding hydrogens is 292 g/mol. The van der Waals surface area contributed by atoms with Gasteiger partial charge in [-0.05, 0) is 51.7 Å². The maximum absolute atomic E-state index is 12.1. The largest absolute Gasteiger partial charge is 0.444 e. The van der Waals surface area contributed by atoms with Crippen LogP contribution in [0, 0.1) is 5.92 Å². The van der Waals surface area contributed by atoms with Crippen molar-refractivity contribution in [3.05, 3.63) is 29.8 Å². The fourth-order valence-electron chi connectivity index (χ4n) is 2.65. The normalized spacial score (nSPS) is 17.2. The van der Waals surface area contributed by atoms with Gasteiger partial charge in [-0.25, -0.2) is 4.79 Å². The number of nitrogens with zero attached hydrogens (tertiary/aromatic N) is 1. The lowest BCUT2D eigenvalue weighted by Crippen LogP contribution is -2.35. The number of nitrogens with one attached hydrogen (secondary N) is 1. The summed E-state index contributed by atoms with van der Waals surface area (Å²) in [5.41, 5.74) is 1.61. The lowest BCUT2D eigenvalue weighted by atomic mass is 9.90. The van der Waals surface area contributed by atoms with E-state index in [0.29, 0.717) is 6.54 Å². The number of carbonyl (C=O) groups is 2. The molecule has 0 aromatic heterocycles. The van der Waals surface area contributed by atoms with Gasteiger partial charge in [0.1, 0.15) is 5.60 Å². The van der Waals surface area contributed by atoms with E-state index in [1.54, 1.807) is 11.9 Å². The molecule has 5 heteroatoms. The summed E-state index contributed by atoms with van der Waals surface area (Å²) in [4.78, 5) is 25.6. The van der Waals surface area contributed by atoms with Crippen molar-refractivity contribution in [1.29, 1.82) is 0 Å². The minimum Gasteiger partial charge on any atom is -0.444 e. The molecule has 5 nitrogen and oxygen atoms in total. The first kappa shape index (κ1) is 17.3. The van der Waals surface area contributed by atoms with Gasteiger partial charge >= 0.3 is 6.09 Å². The number of amides is 2. The van der Waals surface area contributed by atoms with Crippen LogP contribution in [-0.2, 0) is 16.0 Å². The number of benzene rings is 1. The van der Waals surface area contributed by atoms with E-state index in [-0.39, 0.29) is 17.9 Å². The van der Waals surface area contributed by atoms with Gasteiger partial charge in [0.05, 0.1) is 0 Å². The van der Waals surface area contributed by atoms with Crippen LogP contribution in [0.4, 0.5) is 10.5 Å². The highest BCUT2D eigenvalue weighted by Gasteiger charge is 2.26. The van der Waals surface area contributed by atoms with Crippen LogP contribution in [0.1, 0.15) is 39.2 Å². The molecule has 2 amide bonds. The fraction of sp³-hybridized carbons (Fsp3) is 0.556. The Balaban J connectivity index is 1.80. The van der Waals surface area contributed by atoms with Crippen LogP contribution in [0.2, 0.25) is 0 Å². The predicted molar refractivity (Wildman–Crippen MR) is 90.4 cm³/mol. The average Bonchev–Trinajstić information content (AvgIpc) is 2.45. The van der Waals surface area contributed by atoms with Gasteiger partial charge in [0.25, 0.3) is 0 Å². The minimum absolute atomic E-state index is 0.0306. The maximum atomic E-state index is 12.1. The molecular formula is C18H26N2O3. The maximum Gasteiger partial charge on any atom is 0.410 e. The van der Waals surface area contributed by atoms with Crippen LogP contribution < -0.4 is 5.32 Å². The van der Waals surface area contributed by atoms with E-state index < -0.39 is 5.60 Å². The van der Waals surface area contributed by atoms with Gasteiger partial charge in [0.2, 0.25) is 5.91 Å². The molecule has 0 saturated heterocycles. The molecule has 1 atom stereocenters. The Morgan fingerprint density at radius 2 is 2.04 bits per heavy atom. The summed E-state index contributed by atoms with van der Waals surface area (Å²) in [7, 11) is 1.73. The monoisotopic (exact) mass is 318 g/mol. The first-order valence-corrected chi connectivity index (χ1v) is 8.09. The SMILES string of the molecule is CN(CCCC1Cc2ccccc2NC1=O)C(=O)OC(C)(C)C. The molecule has 0 bridgehead atoms. The molecule has 1 aliphatic heterocycles. The second-order valence-electron chi connectivity index (χ2n) is 7.09. The third-order valence-corrected chi connectivity index (χ3v) is 3.86. The molecule has 1 aromatic carbocycles. The number of anilines is 1. The fourth-order valence-corrected chi connectivity index (χ4v) is 2.65. The molecule has 1 heterocycles. The van der Waals surface area contributed by atoms with Gasteiger partial charge < -0.3 is 15.0 Å². The van der Waals surface area contributed by atoms with Gasteiger partial charge in [-0.1, -0.05) is 18.2 Å².